The van der Waals surface area contributed by atoms with Gasteiger partial charge in [-0.05, 0) is 38.8 Å². The van der Waals surface area contributed by atoms with Crippen LogP contribution in [0.15, 0.2) is 24.3 Å². The lowest BCUT2D eigenvalue weighted by molar-refractivity contribution is 0.0706. The van der Waals surface area contributed by atoms with Gasteiger partial charge in [0.15, 0.2) is 0 Å². The Labute approximate surface area is 139 Å². The molecule has 7 heteroatoms. The van der Waals surface area contributed by atoms with Gasteiger partial charge in [-0.2, -0.15) is 0 Å². The van der Waals surface area contributed by atoms with E-state index < -0.39 is 0 Å². The Hall–Kier alpha value is -1.92. The van der Waals surface area contributed by atoms with Gasteiger partial charge in [0.2, 0.25) is 5.82 Å². The van der Waals surface area contributed by atoms with Crippen LogP contribution in [0.25, 0.3) is 5.69 Å². The minimum absolute atomic E-state index is 0.0608. The number of nitrogens with zero attached hydrogens (tertiary/aromatic N) is 3. The van der Waals surface area contributed by atoms with E-state index in [4.69, 9.17) is 16.3 Å². The van der Waals surface area contributed by atoms with Crippen LogP contribution >= 0.6 is 11.6 Å². The first-order valence-corrected chi connectivity index (χ1v) is 8.05. The molecule has 6 nitrogen and oxygen atoms in total. The van der Waals surface area contributed by atoms with E-state index in [2.05, 4.69) is 15.4 Å². The van der Waals surface area contributed by atoms with Crippen LogP contribution in [-0.4, -0.2) is 39.4 Å². The van der Waals surface area contributed by atoms with Crippen molar-refractivity contribution in [2.75, 3.05) is 6.61 Å². The maximum absolute atomic E-state index is 12.4. The third kappa shape index (κ3) is 3.38. The molecule has 3 rings (SSSR count). The van der Waals surface area contributed by atoms with E-state index in [0.717, 1.165) is 19.4 Å². The number of para-hydroxylation sites is 1. The topological polar surface area (TPSA) is 69.0 Å². The van der Waals surface area contributed by atoms with Gasteiger partial charge in [0, 0.05) is 6.61 Å². The highest BCUT2D eigenvalue weighted by molar-refractivity contribution is 6.32. The van der Waals surface area contributed by atoms with Gasteiger partial charge in [-0.3, -0.25) is 4.79 Å². The van der Waals surface area contributed by atoms with E-state index in [1.54, 1.807) is 17.7 Å². The van der Waals surface area contributed by atoms with Gasteiger partial charge in [-0.1, -0.05) is 23.7 Å². The molecule has 0 spiro atoms. The molecule has 1 aliphatic rings. The number of carbonyl (C=O) groups excluding carboxylic acids is 1. The molecule has 1 amide bonds. The summed E-state index contributed by atoms with van der Waals surface area (Å²) in [5.41, 5.74) is 0.699. The summed E-state index contributed by atoms with van der Waals surface area (Å²) < 4.78 is 7.16. The first-order valence-electron chi connectivity index (χ1n) is 7.67. The Balaban J connectivity index is 1.77. The second-order valence-corrected chi connectivity index (χ2v) is 6.07. The first-order chi connectivity index (χ1) is 11.1. The van der Waals surface area contributed by atoms with Gasteiger partial charge >= 0.3 is 0 Å². The van der Waals surface area contributed by atoms with Crippen molar-refractivity contribution in [3.63, 3.8) is 0 Å². The minimum atomic E-state index is -0.304. The van der Waals surface area contributed by atoms with E-state index in [9.17, 15) is 4.79 Å². The summed E-state index contributed by atoms with van der Waals surface area (Å²) in [6.45, 7) is 4.48. The molecule has 0 aliphatic carbocycles. The smallest absolute Gasteiger partial charge is 0.291 e. The number of aryl methyl sites for hydroxylation is 1. The second kappa shape index (κ2) is 6.68. The normalized spacial score (nSPS) is 18.8. The summed E-state index contributed by atoms with van der Waals surface area (Å²) >= 11 is 6.18. The SMILES string of the molecule is Cc1nc(C(=O)N[C@@H](C)[C@@H]2CCCO2)nn1-c1ccccc1Cl. The number of nitrogens with one attached hydrogen (secondary N) is 1. The van der Waals surface area contributed by atoms with Crippen LogP contribution in [0.2, 0.25) is 5.02 Å². The molecule has 23 heavy (non-hydrogen) atoms. The number of halogens is 1. The molecule has 1 aromatic carbocycles. The molecule has 0 saturated carbocycles. The summed E-state index contributed by atoms with van der Waals surface area (Å²) in [6, 6.07) is 7.24. The molecular weight excluding hydrogens is 316 g/mol. The summed E-state index contributed by atoms with van der Waals surface area (Å²) in [5, 5.41) is 7.75. The summed E-state index contributed by atoms with van der Waals surface area (Å²) in [7, 11) is 0. The lowest BCUT2D eigenvalue weighted by Crippen LogP contribution is -2.41. The van der Waals surface area contributed by atoms with Gasteiger partial charge in [-0.25, -0.2) is 9.67 Å². The van der Waals surface area contributed by atoms with E-state index in [0.29, 0.717) is 16.5 Å². The highest BCUT2D eigenvalue weighted by Crippen LogP contribution is 2.20. The third-order valence-corrected chi connectivity index (χ3v) is 4.25. The zero-order chi connectivity index (χ0) is 16.4. The average molecular weight is 335 g/mol. The molecule has 0 radical (unpaired) electrons. The van der Waals surface area contributed by atoms with Crippen molar-refractivity contribution >= 4 is 17.5 Å². The van der Waals surface area contributed by atoms with Crippen LogP contribution in [0.5, 0.6) is 0 Å². The largest absolute Gasteiger partial charge is 0.376 e. The van der Waals surface area contributed by atoms with Crippen LogP contribution in [-0.2, 0) is 4.74 Å². The minimum Gasteiger partial charge on any atom is -0.376 e. The van der Waals surface area contributed by atoms with Crippen molar-refractivity contribution in [1.82, 2.24) is 20.1 Å². The Morgan fingerprint density at radius 1 is 1.48 bits per heavy atom. The van der Waals surface area contributed by atoms with Gasteiger partial charge in [-0.15, -0.1) is 5.10 Å². The van der Waals surface area contributed by atoms with Crippen LogP contribution < -0.4 is 5.32 Å². The maximum Gasteiger partial charge on any atom is 0.291 e. The first kappa shape index (κ1) is 16.0. The van der Waals surface area contributed by atoms with Crippen molar-refractivity contribution in [3.8, 4) is 5.69 Å². The lowest BCUT2D eigenvalue weighted by atomic mass is 10.1. The molecule has 1 saturated heterocycles. The molecule has 122 valence electrons. The van der Waals surface area contributed by atoms with Gasteiger partial charge < -0.3 is 10.1 Å². The average Bonchev–Trinajstić information content (AvgIpc) is 3.17. The number of amides is 1. The second-order valence-electron chi connectivity index (χ2n) is 5.66. The Bertz CT molecular complexity index is 710. The van der Waals surface area contributed by atoms with Gasteiger partial charge in [0.05, 0.1) is 22.9 Å². The van der Waals surface area contributed by atoms with Gasteiger partial charge in [0.25, 0.3) is 5.91 Å². The molecule has 1 fully saturated rings. The van der Waals surface area contributed by atoms with Crippen molar-refractivity contribution in [2.24, 2.45) is 0 Å². The Morgan fingerprint density at radius 3 is 2.96 bits per heavy atom. The van der Waals surface area contributed by atoms with Crippen LogP contribution in [0.1, 0.15) is 36.2 Å². The summed E-state index contributed by atoms with van der Waals surface area (Å²) in [6.07, 6.45) is 2.05. The van der Waals surface area contributed by atoms with E-state index in [1.165, 1.54) is 0 Å². The Kier molecular flexibility index (Phi) is 4.63. The fourth-order valence-electron chi connectivity index (χ4n) is 2.70. The van der Waals surface area contributed by atoms with E-state index >= 15 is 0 Å². The van der Waals surface area contributed by atoms with Crippen LogP contribution in [0, 0.1) is 6.92 Å². The van der Waals surface area contributed by atoms with Crippen LogP contribution in [0.4, 0.5) is 0 Å². The number of hydrogen-bond donors (Lipinski definition) is 1. The quantitative estimate of drug-likeness (QED) is 0.932. The number of carbonyl (C=O) groups is 1. The zero-order valence-corrected chi connectivity index (χ0v) is 13.9. The molecule has 1 N–H and O–H groups in total. The van der Waals surface area contributed by atoms with Crippen molar-refractivity contribution in [2.45, 2.75) is 38.8 Å². The monoisotopic (exact) mass is 334 g/mol. The number of hydrogen-bond acceptors (Lipinski definition) is 4. The molecule has 2 heterocycles. The third-order valence-electron chi connectivity index (χ3n) is 3.93. The predicted molar refractivity (Wildman–Crippen MR) is 87.0 cm³/mol. The fourth-order valence-corrected chi connectivity index (χ4v) is 2.91. The highest BCUT2D eigenvalue weighted by atomic mass is 35.5. The standard InChI is InChI=1S/C16H19ClN4O2/c1-10(14-8-5-9-23-14)18-16(22)15-19-11(2)21(20-15)13-7-4-3-6-12(13)17/h3-4,6-7,10,14H,5,8-9H2,1-2H3,(H,18,22)/t10-,14-/m0/s1. The maximum atomic E-state index is 12.4. The van der Waals surface area contributed by atoms with Crippen molar-refractivity contribution in [3.05, 3.63) is 40.9 Å². The summed E-state index contributed by atoms with van der Waals surface area (Å²) in [5.74, 6) is 0.433. The number of ether oxygens (including phenoxy) is 1. The predicted octanol–water partition coefficient (Wildman–Crippen LogP) is 2.53. The van der Waals surface area contributed by atoms with E-state index in [-0.39, 0.29) is 23.9 Å². The highest BCUT2D eigenvalue weighted by Gasteiger charge is 2.25. The van der Waals surface area contributed by atoms with Crippen molar-refractivity contribution in [1.29, 1.82) is 0 Å². The lowest BCUT2D eigenvalue weighted by Gasteiger charge is -2.18. The Morgan fingerprint density at radius 2 is 2.26 bits per heavy atom. The molecule has 2 atom stereocenters. The molecule has 1 aliphatic heterocycles. The molecule has 1 aromatic heterocycles. The zero-order valence-electron chi connectivity index (χ0n) is 13.1. The molecule has 2 aromatic rings. The van der Waals surface area contributed by atoms with E-state index in [1.807, 2.05) is 25.1 Å². The number of aromatic nitrogens is 3. The molecule has 0 unspecified atom stereocenters. The van der Waals surface area contributed by atoms with Crippen LogP contribution in [0.3, 0.4) is 0 Å². The summed E-state index contributed by atoms with van der Waals surface area (Å²) in [4.78, 5) is 16.6. The fraction of sp³-hybridized carbons (Fsp3) is 0.438. The molecular formula is C16H19ClN4O2. The number of benzene rings is 1. The number of rotatable bonds is 4. The van der Waals surface area contributed by atoms with Gasteiger partial charge in [0.1, 0.15) is 5.82 Å². The molecule has 0 bridgehead atoms. The van der Waals surface area contributed by atoms with Crippen molar-refractivity contribution < 1.29 is 9.53 Å².